The zero-order chi connectivity index (χ0) is 11.1. The Morgan fingerprint density at radius 1 is 1.50 bits per heavy atom. The number of nitrogens with one attached hydrogen (secondary N) is 1. The predicted octanol–water partition coefficient (Wildman–Crippen LogP) is 1.84. The second-order valence-electron chi connectivity index (χ2n) is 3.30. The van der Waals surface area contributed by atoms with Crippen molar-refractivity contribution >= 4 is 39.6 Å². The van der Waals surface area contributed by atoms with Crippen molar-refractivity contribution in [3.63, 3.8) is 0 Å². The van der Waals surface area contributed by atoms with E-state index in [1.165, 1.54) is 23.1 Å². The molecule has 0 aliphatic carbocycles. The number of carbonyl (C=O) groups excluding carboxylic acids is 1. The third-order valence-electron chi connectivity index (χ3n) is 2.36. The summed E-state index contributed by atoms with van der Waals surface area (Å²) in [5, 5.41) is 7.95. The lowest BCUT2D eigenvalue weighted by molar-refractivity contribution is -0.115. The van der Waals surface area contributed by atoms with Crippen molar-refractivity contribution in [3.05, 3.63) is 24.6 Å². The number of hydrogen-bond acceptors (Lipinski definition) is 5. The maximum atomic E-state index is 11.7. The number of oxazole rings is 1. The van der Waals surface area contributed by atoms with Crippen molar-refractivity contribution in [1.29, 1.82) is 5.41 Å². The lowest BCUT2D eigenvalue weighted by Crippen LogP contribution is -2.28. The van der Waals surface area contributed by atoms with Crippen LogP contribution in [0.5, 0.6) is 0 Å². The van der Waals surface area contributed by atoms with Crippen molar-refractivity contribution in [2.24, 2.45) is 0 Å². The zero-order valence-corrected chi connectivity index (χ0v) is 8.95. The van der Waals surface area contributed by atoms with Crippen LogP contribution in [0.3, 0.4) is 0 Å². The molecule has 1 aliphatic heterocycles. The second-order valence-corrected chi connectivity index (χ2v) is 4.26. The minimum atomic E-state index is -0.0921. The van der Waals surface area contributed by atoms with E-state index in [-0.39, 0.29) is 11.1 Å². The van der Waals surface area contributed by atoms with Crippen LogP contribution in [-0.4, -0.2) is 21.8 Å². The Bertz CT molecular complexity index is 577. The van der Waals surface area contributed by atoms with Crippen molar-refractivity contribution in [1.82, 2.24) is 4.98 Å². The summed E-state index contributed by atoms with van der Waals surface area (Å²) in [6.45, 7) is 0. The Kier molecular flexibility index (Phi) is 1.97. The van der Waals surface area contributed by atoms with Gasteiger partial charge in [-0.1, -0.05) is 17.8 Å². The van der Waals surface area contributed by atoms with Crippen molar-refractivity contribution in [3.8, 4) is 0 Å². The summed E-state index contributed by atoms with van der Waals surface area (Å²) >= 11 is 1.22. The number of amidine groups is 1. The van der Waals surface area contributed by atoms with Gasteiger partial charge in [0.2, 0.25) is 5.91 Å². The van der Waals surface area contributed by atoms with Crippen LogP contribution in [0.25, 0.3) is 11.1 Å². The fourth-order valence-electron chi connectivity index (χ4n) is 1.67. The molecular weight excluding hydrogens is 226 g/mol. The van der Waals surface area contributed by atoms with Crippen LogP contribution in [0, 0.1) is 5.41 Å². The largest absolute Gasteiger partial charge is 0.443 e. The summed E-state index contributed by atoms with van der Waals surface area (Å²) in [6, 6.07) is 5.33. The predicted molar refractivity (Wildman–Crippen MR) is 61.7 cm³/mol. The van der Waals surface area contributed by atoms with E-state index in [0.29, 0.717) is 22.5 Å². The third-order valence-corrected chi connectivity index (χ3v) is 3.21. The average Bonchev–Trinajstić information content (AvgIpc) is 2.86. The minimum absolute atomic E-state index is 0.0921. The number of carbonyl (C=O) groups is 1. The molecule has 16 heavy (non-hydrogen) atoms. The summed E-state index contributed by atoms with van der Waals surface area (Å²) in [7, 11) is 0. The number of para-hydroxylation sites is 1. The molecule has 1 saturated heterocycles. The first-order valence-corrected chi connectivity index (χ1v) is 5.62. The highest BCUT2D eigenvalue weighted by Crippen LogP contribution is 2.31. The fourth-order valence-corrected chi connectivity index (χ4v) is 2.39. The Balaban J connectivity index is 2.22. The Hall–Kier alpha value is -1.82. The molecule has 2 heterocycles. The van der Waals surface area contributed by atoms with Gasteiger partial charge in [0, 0.05) is 0 Å². The third kappa shape index (κ3) is 1.23. The molecule has 0 saturated carbocycles. The standard InChI is InChI=1S/C10H7N3O2S/c11-10-13(8(14)4-16-10)6-2-1-3-7-9(6)12-5-15-7/h1-3,5,11H,4H2. The van der Waals surface area contributed by atoms with E-state index in [1.54, 1.807) is 18.2 Å². The molecule has 0 unspecified atom stereocenters. The molecule has 0 radical (unpaired) electrons. The lowest BCUT2D eigenvalue weighted by Gasteiger charge is -2.14. The molecule has 1 aliphatic rings. The monoisotopic (exact) mass is 233 g/mol. The maximum absolute atomic E-state index is 11.7. The Morgan fingerprint density at radius 3 is 3.12 bits per heavy atom. The van der Waals surface area contributed by atoms with Crippen LogP contribution in [0.15, 0.2) is 29.0 Å². The molecule has 1 fully saturated rings. The van der Waals surface area contributed by atoms with Gasteiger partial charge in [0.05, 0.1) is 11.4 Å². The molecule has 2 aromatic rings. The highest BCUT2D eigenvalue weighted by atomic mass is 32.2. The number of hydrogen-bond donors (Lipinski definition) is 1. The number of anilines is 1. The van der Waals surface area contributed by atoms with Gasteiger partial charge in [-0.25, -0.2) is 4.98 Å². The van der Waals surface area contributed by atoms with Crippen molar-refractivity contribution < 1.29 is 9.21 Å². The molecule has 80 valence electrons. The van der Waals surface area contributed by atoms with Gasteiger partial charge in [-0.3, -0.25) is 15.1 Å². The van der Waals surface area contributed by atoms with Gasteiger partial charge in [0.15, 0.2) is 17.1 Å². The van der Waals surface area contributed by atoms with E-state index in [4.69, 9.17) is 9.83 Å². The molecule has 3 rings (SSSR count). The van der Waals surface area contributed by atoms with E-state index in [9.17, 15) is 4.79 Å². The minimum Gasteiger partial charge on any atom is -0.443 e. The molecule has 0 atom stereocenters. The number of aromatic nitrogens is 1. The molecule has 0 spiro atoms. The maximum Gasteiger partial charge on any atom is 0.243 e. The number of rotatable bonds is 1. The quantitative estimate of drug-likeness (QED) is 0.815. The Morgan fingerprint density at radius 2 is 2.38 bits per heavy atom. The molecule has 1 amide bonds. The summed E-state index contributed by atoms with van der Waals surface area (Å²) < 4.78 is 5.16. The van der Waals surface area contributed by atoms with Gasteiger partial charge in [0.1, 0.15) is 5.52 Å². The SMILES string of the molecule is N=C1SCC(=O)N1c1cccc2ocnc12. The van der Waals surface area contributed by atoms with Gasteiger partial charge in [0.25, 0.3) is 0 Å². The summed E-state index contributed by atoms with van der Waals surface area (Å²) in [6.07, 6.45) is 1.34. The van der Waals surface area contributed by atoms with Gasteiger partial charge >= 0.3 is 0 Å². The summed E-state index contributed by atoms with van der Waals surface area (Å²) in [5.41, 5.74) is 1.85. The highest BCUT2D eigenvalue weighted by Gasteiger charge is 2.30. The smallest absolute Gasteiger partial charge is 0.243 e. The molecule has 5 nitrogen and oxygen atoms in total. The van der Waals surface area contributed by atoms with Crippen LogP contribution in [0.1, 0.15) is 0 Å². The van der Waals surface area contributed by atoms with Gasteiger partial charge in [-0.05, 0) is 12.1 Å². The van der Waals surface area contributed by atoms with Gasteiger partial charge in [-0.2, -0.15) is 0 Å². The number of nitrogens with zero attached hydrogens (tertiary/aromatic N) is 2. The van der Waals surface area contributed by atoms with E-state index in [0.717, 1.165) is 0 Å². The Labute approximate surface area is 94.9 Å². The van der Waals surface area contributed by atoms with Gasteiger partial charge in [-0.15, -0.1) is 0 Å². The van der Waals surface area contributed by atoms with Gasteiger partial charge < -0.3 is 4.42 Å². The summed E-state index contributed by atoms with van der Waals surface area (Å²) in [4.78, 5) is 17.1. The topological polar surface area (TPSA) is 70.2 Å². The van der Waals surface area contributed by atoms with Crippen molar-refractivity contribution in [2.75, 3.05) is 10.7 Å². The zero-order valence-electron chi connectivity index (χ0n) is 8.14. The molecule has 1 aromatic heterocycles. The molecular formula is C10H7N3O2S. The van der Waals surface area contributed by atoms with E-state index >= 15 is 0 Å². The molecule has 1 aromatic carbocycles. The number of benzene rings is 1. The number of fused-ring (bicyclic) bond motifs is 1. The first-order valence-electron chi connectivity index (χ1n) is 4.64. The first-order chi connectivity index (χ1) is 7.77. The van der Waals surface area contributed by atoms with E-state index < -0.39 is 0 Å². The summed E-state index contributed by atoms with van der Waals surface area (Å²) in [5.74, 6) is 0.220. The normalized spacial score (nSPS) is 16.4. The van der Waals surface area contributed by atoms with Crippen LogP contribution in [0.4, 0.5) is 5.69 Å². The molecule has 6 heteroatoms. The lowest BCUT2D eigenvalue weighted by atomic mass is 10.2. The fraction of sp³-hybridized carbons (Fsp3) is 0.100. The molecule has 1 N–H and O–H groups in total. The van der Waals surface area contributed by atoms with Crippen molar-refractivity contribution in [2.45, 2.75) is 0 Å². The van der Waals surface area contributed by atoms with Crippen LogP contribution in [-0.2, 0) is 4.79 Å². The average molecular weight is 233 g/mol. The van der Waals surface area contributed by atoms with Crippen LogP contribution >= 0.6 is 11.8 Å². The van der Waals surface area contributed by atoms with E-state index in [1.807, 2.05) is 0 Å². The van der Waals surface area contributed by atoms with E-state index in [2.05, 4.69) is 4.98 Å². The van der Waals surface area contributed by atoms with Crippen LogP contribution < -0.4 is 4.90 Å². The van der Waals surface area contributed by atoms with Crippen LogP contribution in [0.2, 0.25) is 0 Å². The second kappa shape index (κ2) is 3.34. The number of amides is 1. The highest BCUT2D eigenvalue weighted by molar-refractivity contribution is 8.15. The first kappa shape index (κ1) is 9.41. The molecule has 0 bridgehead atoms. The number of thioether (sulfide) groups is 1.